The van der Waals surface area contributed by atoms with Crippen LogP contribution in [0, 0.1) is 23.1 Å². The van der Waals surface area contributed by atoms with Crippen LogP contribution in [0.15, 0.2) is 23.1 Å². The summed E-state index contributed by atoms with van der Waals surface area (Å²) in [7, 11) is -3.66. The number of benzene rings is 1. The maximum atomic E-state index is 13.2. The second kappa shape index (κ2) is 6.11. The van der Waals surface area contributed by atoms with Gasteiger partial charge in [0.2, 0.25) is 0 Å². The quantitative estimate of drug-likeness (QED) is 0.617. The number of rotatable bonds is 2. The molecule has 2 rings (SSSR count). The average molecular weight is 316 g/mol. The molecule has 0 aromatic heterocycles. The molecule has 0 N–H and O–H groups in total. The first-order valence-electron chi connectivity index (χ1n) is 6.55. The molecule has 1 aromatic carbocycles. The van der Waals surface area contributed by atoms with E-state index in [0.717, 1.165) is 31.4 Å². The molecule has 2 unspecified atom stereocenters. The van der Waals surface area contributed by atoms with E-state index < -0.39 is 26.8 Å². The largest absolute Gasteiger partial charge is 0.223 e. The van der Waals surface area contributed by atoms with Crippen LogP contribution in [0.5, 0.6) is 0 Å². The van der Waals surface area contributed by atoms with Crippen LogP contribution in [-0.4, -0.2) is 13.7 Å². The molecule has 2 atom stereocenters. The summed E-state index contributed by atoms with van der Waals surface area (Å²) in [5.41, 5.74) is 0. The van der Waals surface area contributed by atoms with Gasteiger partial charge in [-0.1, -0.05) is 30.9 Å². The van der Waals surface area contributed by atoms with E-state index >= 15 is 0 Å². The standard InChI is InChI=1S/C14H15ClFNO2S/c15-12-8-11(6-7-13(12)16)20(18,19)14-5-3-1-2-4-10(14)9-17/h6-8,10,14H,1-5H2. The molecule has 20 heavy (non-hydrogen) atoms. The molecule has 6 heteroatoms. The Bertz CT molecular complexity index is 639. The predicted octanol–water partition coefficient (Wildman–Crippen LogP) is 3.73. The van der Waals surface area contributed by atoms with Crippen LogP contribution < -0.4 is 0 Å². The second-order valence-electron chi connectivity index (χ2n) is 5.03. The Kier molecular flexibility index (Phi) is 4.66. The summed E-state index contributed by atoms with van der Waals surface area (Å²) < 4.78 is 38.4. The maximum absolute atomic E-state index is 13.2. The maximum Gasteiger partial charge on any atom is 0.182 e. The van der Waals surface area contributed by atoms with Crippen LogP contribution in [0.3, 0.4) is 0 Å². The van der Waals surface area contributed by atoms with Gasteiger partial charge in [-0.25, -0.2) is 12.8 Å². The van der Waals surface area contributed by atoms with Crippen molar-refractivity contribution in [1.82, 2.24) is 0 Å². The van der Waals surface area contributed by atoms with Gasteiger partial charge in [-0.3, -0.25) is 0 Å². The molecule has 1 aromatic rings. The van der Waals surface area contributed by atoms with E-state index in [-0.39, 0.29) is 9.92 Å². The number of nitriles is 1. The van der Waals surface area contributed by atoms with E-state index in [4.69, 9.17) is 11.6 Å². The Morgan fingerprint density at radius 3 is 2.60 bits per heavy atom. The van der Waals surface area contributed by atoms with E-state index in [9.17, 15) is 18.1 Å². The van der Waals surface area contributed by atoms with Gasteiger partial charge in [-0.05, 0) is 31.0 Å². The molecule has 0 radical (unpaired) electrons. The summed E-state index contributed by atoms with van der Waals surface area (Å²) in [6.07, 6.45) is 3.66. The first-order chi connectivity index (χ1) is 9.46. The van der Waals surface area contributed by atoms with Crippen LogP contribution in [-0.2, 0) is 9.84 Å². The van der Waals surface area contributed by atoms with Gasteiger partial charge in [0.1, 0.15) is 5.82 Å². The van der Waals surface area contributed by atoms with Gasteiger partial charge in [-0.2, -0.15) is 5.26 Å². The Morgan fingerprint density at radius 2 is 1.95 bits per heavy atom. The highest BCUT2D eigenvalue weighted by Gasteiger charge is 2.35. The summed E-state index contributed by atoms with van der Waals surface area (Å²) in [5.74, 6) is -1.16. The van der Waals surface area contributed by atoms with Crippen molar-refractivity contribution < 1.29 is 12.8 Å². The highest BCUT2D eigenvalue weighted by molar-refractivity contribution is 7.92. The van der Waals surface area contributed by atoms with Crippen LogP contribution in [0.25, 0.3) is 0 Å². The fraction of sp³-hybridized carbons (Fsp3) is 0.500. The van der Waals surface area contributed by atoms with Crippen molar-refractivity contribution >= 4 is 21.4 Å². The molecule has 0 heterocycles. The van der Waals surface area contributed by atoms with Crippen molar-refractivity contribution in [1.29, 1.82) is 5.26 Å². The highest BCUT2D eigenvalue weighted by atomic mass is 35.5. The Balaban J connectivity index is 2.41. The normalized spacial score (nSPS) is 23.9. The van der Waals surface area contributed by atoms with Crippen LogP contribution >= 0.6 is 11.6 Å². The van der Waals surface area contributed by atoms with Gasteiger partial charge in [0.15, 0.2) is 9.84 Å². The van der Waals surface area contributed by atoms with Gasteiger partial charge in [0.05, 0.1) is 27.2 Å². The Morgan fingerprint density at radius 1 is 1.25 bits per heavy atom. The molecular weight excluding hydrogens is 301 g/mol. The molecule has 0 aliphatic heterocycles. The van der Waals surface area contributed by atoms with Crippen LogP contribution in [0.1, 0.15) is 32.1 Å². The van der Waals surface area contributed by atoms with Crippen molar-refractivity contribution in [3.63, 3.8) is 0 Å². The third-order valence-corrected chi connectivity index (χ3v) is 6.30. The van der Waals surface area contributed by atoms with Gasteiger partial charge >= 0.3 is 0 Å². The smallest absolute Gasteiger partial charge is 0.182 e. The van der Waals surface area contributed by atoms with Crippen molar-refractivity contribution in [2.75, 3.05) is 0 Å². The van der Waals surface area contributed by atoms with Gasteiger partial charge in [-0.15, -0.1) is 0 Å². The van der Waals surface area contributed by atoms with Crippen molar-refractivity contribution in [2.24, 2.45) is 5.92 Å². The van der Waals surface area contributed by atoms with Gasteiger partial charge < -0.3 is 0 Å². The number of halogens is 2. The summed E-state index contributed by atoms with van der Waals surface area (Å²) in [6, 6.07) is 5.51. The molecule has 1 saturated carbocycles. The summed E-state index contributed by atoms with van der Waals surface area (Å²) in [5, 5.41) is 8.25. The lowest BCUT2D eigenvalue weighted by molar-refractivity contribution is 0.523. The Labute approximate surface area is 123 Å². The lowest BCUT2D eigenvalue weighted by Gasteiger charge is -2.19. The molecule has 108 valence electrons. The summed E-state index contributed by atoms with van der Waals surface area (Å²) >= 11 is 5.66. The zero-order chi connectivity index (χ0) is 14.8. The van der Waals surface area contributed by atoms with Gasteiger partial charge in [0, 0.05) is 0 Å². The first kappa shape index (κ1) is 15.3. The van der Waals surface area contributed by atoms with Crippen LogP contribution in [0.2, 0.25) is 5.02 Å². The number of hydrogen-bond donors (Lipinski definition) is 0. The molecule has 0 bridgehead atoms. The fourth-order valence-electron chi connectivity index (χ4n) is 2.62. The van der Waals surface area contributed by atoms with Crippen molar-refractivity contribution in [3.05, 3.63) is 29.0 Å². The highest BCUT2D eigenvalue weighted by Crippen LogP contribution is 2.33. The van der Waals surface area contributed by atoms with E-state index in [1.165, 1.54) is 6.07 Å². The SMILES string of the molecule is N#CC1CCCCCC1S(=O)(=O)c1ccc(F)c(Cl)c1. The fourth-order valence-corrected chi connectivity index (χ4v) is 4.86. The number of nitrogens with zero attached hydrogens (tertiary/aromatic N) is 1. The van der Waals surface area contributed by atoms with E-state index in [1.54, 1.807) is 0 Å². The predicted molar refractivity (Wildman–Crippen MR) is 74.6 cm³/mol. The van der Waals surface area contributed by atoms with Gasteiger partial charge in [0.25, 0.3) is 0 Å². The molecular formula is C14H15ClFNO2S. The van der Waals surface area contributed by atoms with Crippen molar-refractivity contribution in [3.8, 4) is 6.07 Å². The third-order valence-electron chi connectivity index (χ3n) is 3.74. The third kappa shape index (κ3) is 2.97. The van der Waals surface area contributed by atoms with E-state index in [1.807, 2.05) is 0 Å². The van der Waals surface area contributed by atoms with Crippen molar-refractivity contribution in [2.45, 2.75) is 42.2 Å². The lowest BCUT2D eigenvalue weighted by atomic mass is 10.0. The minimum absolute atomic E-state index is 0.00366. The molecule has 0 amide bonds. The molecule has 1 aliphatic carbocycles. The zero-order valence-electron chi connectivity index (χ0n) is 10.9. The zero-order valence-corrected chi connectivity index (χ0v) is 12.4. The molecule has 1 fully saturated rings. The monoisotopic (exact) mass is 315 g/mol. The van der Waals surface area contributed by atoms with E-state index in [2.05, 4.69) is 6.07 Å². The molecule has 0 saturated heterocycles. The summed E-state index contributed by atoms with van der Waals surface area (Å²) in [6.45, 7) is 0. The minimum atomic E-state index is -3.66. The Hall–Kier alpha value is -1.12. The van der Waals surface area contributed by atoms with E-state index in [0.29, 0.717) is 12.8 Å². The average Bonchev–Trinajstić information content (AvgIpc) is 2.67. The van der Waals surface area contributed by atoms with Crippen LogP contribution in [0.4, 0.5) is 4.39 Å². The lowest BCUT2D eigenvalue weighted by Crippen LogP contribution is -2.28. The molecule has 0 spiro atoms. The number of hydrogen-bond acceptors (Lipinski definition) is 3. The number of sulfone groups is 1. The second-order valence-corrected chi connectivity index (χ2v) is 7.61. The minimum Gasteiger partial charge on any atom is -0.223 e. The first-order valence-corrected chi connectivity index (χ1v) is 8.48. The summed E-state index contributed by atoms with van der Waals surface area (Å²) in [4.78, 5) is -0.00366. The molecule has 1 aliphatic rings. The topological polar surface area (TPSA) is 57.9 Å². The molecule has 3 nitrogen and oxygen atoms in total.